The van der Waals surface area contributed by atoms with Crippen LogP contribution in [0.25, 0.3) is 10.9 Å². The molecule has 6 nitrogen and oxygen atoms in total. The van der Waals surface area contributed by atoms with E-state index in [1.165, 1.54) is 10.9 Å². The highest BCUT2D eigenvalue weighted by atomic mass is 16.5. The van der Waals surface area contributed by atoms with E-state index in [1.807, 2.05) is 12.1 Å². The SMILES string of the molecule is O=C(CCn1cnc2ccccc2c1=O)NC[C@@H]1CCOC1. The fourth-order valence-corrected chi connectivity index (χ4v) is 2.58. The van der Waals surface area contributed by atoms with E-state index in [2.05, 4.69) is 10.3 Å². The molecule has 1 saturated heterocycles. The predicted octanol–water partition coefficient (Wildman–Crippen LogP) is 0.939. The zero-order chi connectivity index (χ0) is 15.4. The maximum Gasteiger partial charge on any atom is 0.261 e. The van der Waals surface area contributed by atoms with Crippen molar-refractivity contribution in [2.45, 2.75) is 19.4 Å². The molecule has 6 heteroatoms. The third kappa shape index (κ3) is 3.33. The fourth-order valence-electron chi connectivity index (χ4n) is 2.58. The lowest BCUT2D eigenvalue weighted by Crippen LogP contribution is -2.31. The third-order valence-electron chi connectivity index (χ3n) is 3.92. The number of benzene rings is 1. The number of nitrogens with zero attached hydrogens (tertiary/aromatic N) is 2. The number of carbonyl (C=O) groups excluding carboxylic acids is 1. The Morgan fingerprint density at radius 3 is 3.09 bits per heavy atom. The first-order valence-corrected chi connectivity index (χ1v) is 7.52. The maximum atomic E-state index is 12.3. The number of hydrogen-bond acceptors (Lipinski definition) is 4. The topological polar surface area (TPSA) is 73.2 Å². The number of rotatable bonds is 5. The molecule has 2 heterocycles. The Kier molecular flexibility index (Phi) is 4.48. The van der Waals surface area contributed by atoms with Gasteiger partial charge in [0.1, 0.15) is 0 Å². The highest BCUT2D eigenvalue weighted by molar-refractivity contribution is 5.77. The van der Waals surface area contributed by atoms with E-state index >= 15 is 0 Å². The molecule has 116 valence electrons. The maximum absolute atomic E-state index is 12.3. The number of aryl methyl sites for hydroxylation is 1. The largest absolute Gasteiger partial charge is 0.381 e. The number of nitrogens with one attached hydrogen (secondary N) is 1. The van der Waals surface area contributed by atoms with Gasteiger partial charge in [-0.3, -0.25) is 14.2 Å². The quantitative estimate of drug-likeness (QED) is 0.892. The van der Waals surface area contributed by atoms with Crippen molar-refractivity contribution in [1.82, 2.24) is 14.9 Å². The molecule has 0 spiro atoms. The standard InChI is InChI=1S/C16H19N3O3/c20-15(17-9-12-6-8-22-10-12)5-7-19-11-18-14-4-2-1-3-13(14)16(19)21/h1-4,11-12H,5-10H2,(H,17,20)/t12-/m0/s1. The Hall–Kier alpha value is -2.21. The van der Waals surface area contributed by atoms with Gasteiger partial charge in [0.25, 0.3) is 5.56 Å². The van der Waals surface area contributed by atoms with Crippen molar-refractivity contribution in [3.8, 4) is 0 Å². The number of carbonyl (C=O) groups is 1. The van der Waals surface area contributed by atoms with Crippen LogP contribution < -0.4 is 10.9 Å². The molecule has 1 aliphatic rings. The zero-order valence-electron chi connectivity index (χ0n) is 12.3. The van der Waals surface area contributed by atoms with Crippen molar-refractivity contribution in [3.63, 3.8) is 0 Å². The first kappa shape index (κ1) is 14.7. The van der Waals surface area contributed by atoms with Crippen LogP contribution in [0.1, 0.15) is 12.8 Å². The molecule has 1 aromatic carbocycles. The number of amides is 1. The lowest BCUT2D eigenvalue weighted by atomic mass is 10.1. The van der Waals surface area contributed by atoms with Gasteiger partial charge in [-0.25, -0.2) is 4.98 Å². The van der Waals surface area contributed by atoms with E-state index in [-0.39, 0.29) is 17.9 Å². The Morgan fingerprint density at radius 2 is 2.27 bits per heavy atom. The molecular weight excluding hydrogens is 282 g/mol. The van der Waals surface area contributed by atoms with Crippen LogP contribution in [0.5, 0.6) is 0 Å². The summed E-state index contributed by atoms with van der Waals surface area (Å²) in [5, 5.41) is 3.47. The van der Waals surface area contributed by atoms with Gasteiger partial charge in [-0.15, -0.1) is 0 Å². The minimum atomic E-state index is -0.109. The lowest BCUT2D eigenvalue weighted by Gasteiger charge is -2.10. The molecule has 1 N–H and O–H groups in total. The highest BCUT2D eigenvalue weighted by Gasteiger charge is 2.16. The first-order valence-electron chi connectivity index (χ1n) is 7.52. The number of fused-ring (bicyclic) bond motifs is 1. The Labute approximate surface area is 128 Å². The van der Waals surface area contributed by atoms with E-state index in [0.29, 0.717) is 36.5 Å². The van der Waals surface area contributed by atoms with Gasteiger partial charge in [-0.05, 0) is 18.6 Å². The smallest absolute Gasteiger partial charge is 0.261 e. The molecule has 0 unspecified atom stereocenters. The first-order chi connectivity index (χ1) is 10.7. The Balaban J connectivity index is 1.58. The summed E-state index contributed by atoms with van der Waals surface area (Å²) < 4.78 is 6.76. The minimum absolute atomic E-state index is 0.0491. The second-order valence-electron chi connectivity index (χ2n) is 5.54. The van der Waals surface area contributed by atoms with E-state index < -0.39 is 0 Å². The average Bonchev–Trinajstić information content (AvgIpc) is 3.06. The summed E-state index contributed by atoms with van der Waals surface area (Å²) in [5.74, 6) is 0.362. The average molecular weight is 301 g/mol. The monoisotopic (exact) mass is 301 g/mol. The van der Waals surface area contributed by atoms with Gasteiger partial charge in [0.05, 0.1) is 23.8 Å². The van der Waals surface area contributed by atoms with Gasteiger partial charge in [0.15, 0.2) is 0 Å². The second kappa shape index (κ2) is 6.70. The van der Waals surface area contributed by atoms with Crippen LogP contribution in [-0.4, -0.2) is 35.2 Å². The van der Waals surface area contributed by atoms with E-state index in [0.717, 1.165) is 13.0 Å². The van der Waals surface area contributed by atoms with E-state index in [9.17, 15) is 9.59 Å². The molecular formula is C16H19N3O3. The van der Waals surface area contributed by atoms with Gasteiger partial charge >= 0.3 is 0 Å². The van der Waals surface area contributed by atoms with Crippen LogP contribution in [0.3, 0.4) is 0 Å². The molecule has 1 amide bonds. The Morgan fingerprint density at radius 1 is 1.41 bits per heavy atom. The molecule has 1 aliphatic heterocycles. The van der Waals surface area contributed by atoms with E-state index in [4.69, 9.17) is 4.74 Å². The van der Waals surface area contributed by atoms with Gasteiger partial charge in [-0.1, -0.05) is 12.1 Å². The van der Waals surface area contributed by atoms with Gasteiger partial charge in [0.2, 0.25) is 5.91 Å². The third-order valence-corrected chi connectivity index (χ3v) is 3.92. The van der Waals surface area contributed by atoms with Crippen LogP contribution in [-0.2, 0) is 16.1 Å². The minimum Gasteiger partial charge on any atom is -0.381 e. The zero-order valence-corrected chi connectivity index (χ0v) is 12.3. The lowest BCUT2D eigenvalue weighted by molar-refractivity contribution is -0.121. The van der Waals surface area contributed by atoms with Crippen LogP contribution in [0.2, 0.25) is 0 Å². The van der Waals surface area contributed by atoms with E-state index in [1.54, 1.807) is 12.1 Å². The van der Waals surface area contributed by atoms with Crippen molar-refractivity contribution < 1.29 is 9.53 Å². The number of para-hydroxylation sites is 1. The Bertz CT molecular complexity index is 720. The predicted molar refractivity (Wildman–Crippen MR) is 82.6 cm³/mol. The van der Waals surface area contributed by atoms with Gasteiger partial charge < -0.3 is 10.1 Å². The molecule has 2 aromatic rings. The number of aromatic nitrogens is 2. The van der Waals surface area contributed by atoms with Crippen molar-refractivity contribution in [3.05, 3.63) is 40.9 Å². The fraction of sp³-hybridized carbons (Fsp3) is 0.438. The molecule has 0 radical (unpaired) electrons. The van der Waals surface area contributed by atoms with Crippen molar-refractivity contribution in [1.29, 1.82) is 0 Å². The molecule has 3 rings (SSSR count). The van der Waals surface area contributed by atoms with Crippen LogP contribution in [0, 0.1) is 5.92 Å². The van der Waals surface area contributed by atoms with Gasteiger partial charge in [0, 0.05) is 32.0 Å². The normalized spacial score (nSPS) is 17.7. The number of hydrogen-bond donors (Lipinski definition) is 1. The highest BCUT2D eigenvalue weighted by Crippen LogP contribution is 2.10. The summed E-state index contributed by atoms with van der Waals surface area (Å²) in [4.78, 5) is 28.4. The second-order valence-corrected chi connectivity index (χ2v) is 5.54. The van der Waals surface area contributed by atoms with Crippen LogP contribution in [0.15, 0.2) is 35.4 Å². The molecule has 0 aliphatic carbocycles. The molecule has 1 fully saturated rings. The van der Waals surface area contributed by atoms with Crippen molar-refractivity contribution in [2.24, 2.45) is 5.92 Å². The molecule has 0 bridgehead atoms. The summed E-state index contributed by atoms with van der Waals surface area (Å²) in [6.45, 7) is 2.47. The summed E-state index contributed by atoms with van der Waals surface area (Å²) in [6, 6.07) is 7.21. The summed E-state index contributed by atoms with van der Waals surface area (Å²) in [7, 11) is 0. The molecule has 22 heavy (non-hydrogen) atoms. The van der Waals surface area contributed by atoms with Crippen molar-refractivity contribution >= 4 is 16.8 Å². The molecule has 0 saturated carbocycles. The molecule has 1 aromatic heterocycles. The number of ether oxygens (including phenoxy) is 1. The summed E-state index contributed by atoms with van der Waals surface area (Å²) in [5.41, 5.74) is 0.567. The summed E-state index contributed by atoms with van der Waals surface area (Å²) in [6.07, 6.45) is 2.77. The molecule has 1 atom stereocenters. The van der Waals surface area contributed by atoms with Crippen molar-refractivity contribution in [2.75, 3.05) is 19.8 Å². The van der Waals surface area contributed by atoms with Crippen LogP contribution >= 0.6 is 0 Å². The van der Waals surface area contributed by atoms with Gasteiger partial charge in [-0.2, -0.15) is 0 Å². The van der Waals surface area contributed by atoms with Crippen LogP contribution in [0.4, 0.5) is 0 Å². The summed E-state index contributed by atoms with van der Waals surface area (Å²) >= 11 is 0.